The van der Waals surface area contributed by atoms with Gasteiger partial charge in [-0.3, -0.25) is 4.79 Å². The molecule has 2 rings (SSSR count). The maximum atomic E-state index is 11.9. The number of carbonyl (C=O) groups excluding carboxylic acids is 1. The van der Waals surface area contributed by atoms with Crippen molar-refractivity contribution in [1.82, 2.24) is 4.98 Å². The summed E-state index contributed by atoms with van der Waals surface area (Å²) in [6.45, 7) is 0. The van der Waals surface area contributed by atoms with E-state index in [4.69, 9.17) is 5.11 Å². The molecule has 0 unspecified atom stereocenters. The number of carbonyl (C=O) groups is 2. The molecule has 0 aromatic carbocycles. The molecule has 96 valence electrons. The average molecular weight is 248 g/mol. The number of amides is 1. The molecule has 0 spiro atoms. The Hall–Kier alpha value is -2.04. The normalized spacial score (nSPS) is 19.3. The summed E-state index contributed by atoms with van der Waals surface area (Å²) in [7, 11) is 0. The fourth-order valence-electron chi connectivity index (χ4n) is 2.21. The first-order valence-electron chi connectivity index (χ1n) is 6.02. The van der Waals surface area contributed by atoms with Crippen molar-refractivity contribution in [3.05, 3.63) is 30.0 Å². The van der Waals surface area contributed by atoms with E-state index in [1.807, 2.05) is 6.07 Å². The number of anilines is 1. The topological polar surface area (TPSA) is 82.2 Å². The standard InChI is InChI=1S/C13H16N2O3/c16-12(17)8-9-3-5-10(6-4-9)13(18)15-11-2-1-7-14-11/h1-2,7-8,10,14H,3-6H2,(H,15,18)(H,16,17). The minimum atomic E-state index is -0.903. The van der Waals surface area contributed by atoms with Crippen LogP contribution in [0, 0.1) is 5.92 Å². The molecule has 1 saturated carbocycles. The molecule has 3 N–H and O–H groups in total. The third-order valence-corrected chi connectivity index (χ3v) is 3.18. The monoisotopic (exact) mass is 248 g/mol. The number of aliphatic carboxylic acids is 1. The first-order chi connectivity index (χ1) is 8.65. The Labute approximate surface area is 105 Å². The van der Waals surface area contributed by atoms with E-state index in [1.54, 1.807) is 12.3 Å². The second-order valence-electron chi connectivity index (χ2n) is 4.49. The number of hydrogen-bond donors (Lipinski definition) is 3. The molecule has 0 bridgehead atoms. The smallest absolute Gasteiger partial charge is 0.328 e. The molecule has 18 heavy (non-hydrogen) atoms. The van der Waals surface area contributed by atoms with Crippen LogP contribution in [0.25, 0.3) is 0 Å². The summed E-state index contributed by atoms with van der Waals surface area (Å²) in [6, 6.07) is 3.63. The van der Waals surface area contributed by atoms with Crippen molar-refractivity contribution in [2.24, 2.45) is 5.92 Å². The summed E-state index contributed by atoms with van der Waals surface area (Å²) < 4.78 is 0. The van der Waals surface area contributed by atoms with Crippen LogP contribution in [0.3, 0.4) is 0 Å². The van der Waals surface area contributed by atoms with E-state index in [9.17, 15) is 9.59 Å². The van der Waals surface area contributed by atoms with Crippen molar-refractivity contribution < 1.29 is 14.7 Å². The SMILES string of the molecule is O=C(O)C=C1CCC(C(=O)Nc2ccc[nH]2)CC1. The molecule has 0 atom stereocenters. The van der Waals surface area contributed by atoms with Gasteiger partial charge in [0.25, 0.3) is 0 Å². The van der Waals surface area contributed by atoms with E-state index in [1.165, 1.54) is 6.08 Å². The molecule has 1 aromatic rings. The Morgan fingerprint density at radius 2 is 2.11 bits per heavy atom. The molecular weight excluding hydrogens is 232 g/mol. The van der Waals surface area contributed by atoms with Gasteiger partial charge >= 0.3 is 5.97 Å². The van der Waals surface area contributed by atoms with Crippen molar-refractivity contribution in [2.45, 2.75) is 25.7 Å². The maximum absolute atomic E-state index is 11.9. The van der Waals surface area contributed by atoms with Crippen LogP contribution in [-0.2, 0) is 9.59 Å². The van der Waals surface area contributed by atoms with Crippen molar-refractivity contribution in [1.29, 1.82) is 0 Å². The molecule has 0 radical (unpaired) electrons. The predicted octanol–water partition coefficient (Wildman–Crippen LogP) is 2.15. The molecule has 0 aliphatic heterocycles. The van der Waals surface area contributed by atoms with E-state index in [0.717, 1.165) is 5.57 Å². The van der Waals surface area contributed by atoms with Crippen LogP contribution in [0.2, 0.25) is 0 Å². The highest BCUT2D eigenvalue weighted by atomic mass is 16.4. The first-order valence-corrected chi connectivity index (χ1v) is 6.02. The van der Waals surface area contributed by atoms with Crippen molar-refractivity contribution in [3.63, 3.8) is 0 Å². The van der Waals surface area contributed by atoms with Gasteiger partial charge in [0.2, 0.25) is 5.91 Å². The van der Waals surface area contributed by atoms with Crippen LogP contribution in [0.1, 0.15) is 25.7 Å². The second kappa shape index (κ2) is 5.53. The molecule has 1 aromatic heterocycles. The zero-order valence-corrected chi connectivity index (χ0v) is 9.98. The molecule has 5 nitrogen and oxygen atoms in total. The van der Waals surface area contributed by atoms with Gasteiger partial charge in [0.05, 0.1) is 0 Å². The number of rotatable bonds is 3. The fourth-order valence-corrected chi connectivity index (χ4v) is 2.21. The van der Waals surface area contributed by atoms with Gasteiger partial charge in [-0.05, 0) is 37.8 Å². The molecule has 5 heteroatoms. The highest BCUT2D eigenvalue weighted by Crippen LogP contribution is 2.28. The number of H-pyrrole nitrogens is 1. The van der Waals surface area contributed by atoms with Crippen LogP contribution in [0.5, 0.6) is 0 Å². The molecule has 0 saturated heterocycles. The minimum Gasteiger partial charge on any atom is -0.478 e. The number of carboxylic acids is 1. The van der Waals surface area contributed by atoms with E-state index < -0.39 is 5.97 Å². The van der Waals surface area contributed by atoms with Gasteiger partial charge in [0, 0.05) is 18.2 Å². The highest BCUT2D eigenvalue weighted by molar-refractivity contribution is 5.91. The van der Waals surface area contributed by atoms with Crippen molar-refractivity contribution in [2.75, 3.05) is 5.32 Å². The van der Waals surface area contributed by atoms with Crippen LogP contribution < -0.4 is 5.32 Å². The van der Waals surface area contributed by atoms with Crippen LogP contribution in [0.15, 0.2) is 30.0 Å². The summed E-state index contributed by atoms with van der Waals surface area (Å²) in [5.41, 5.74) is 0.923. The number of aromatic nitrogens is 1. The Kier molecular flexibility index (Phi) is 3.82. The number of nitrogens with one attached hydrogen (secondary N) is 2. The quantitative estimate of drug-likeness (QED) is 0.717. The minimum absolute atomic E-state index is 0.00632. The molecule has 1 amide bonds. The van der Waals surface area contributed by atoms with Gasteiger partial charge in [0.1, 0.15) is 5.82 Å². The van der Waals surface area contributed by atoms with Crippen molar-refractivity contribution in [3.8, 4) is 0 Å². The molecular formula is C13H16N2O3. The van der Waals surface area contributed by atoms with Gasteiger partial charge < -0.3 is 15.4 Å². The average Bonchev–Trinajstić information content (AvgIpc) is 2.82. The molecule has 1 aliphatic rings. The Balaban J connectivity index is 1.86. The van der Waals surface area contributed by atoms with Gasteiger partial charge in [0.15, 0.2) is 0 Å². The lowest BCUT2D eigenvalue weighted by Gasteiger charge is -2.22. The Morgan fingerprint density at radius 1 is 1.39 bits per heavy atom. The highest BCUT2D eigenvalue weighted by Gasteiger charge is 2.23. The molecule has 1 heterocycles. The Morgan fingerprint density at radius 3 is 2.67 bits per heavy atom. The van der Waals surface area contributed by atoms with Gasteiger partial charge in [-0.25, -0.2) is 4.79 Å². The summed E-state index contributed by atoms with van der Waals surface area (Å²) in [5.74, 6) is -0.225. The lowest BCUT2D eigenvalue weighted by atomic mass is 9.85. The van der Waals surface area contributed by atoms with Crippen LogP contribution in [-0.4, -0.2) is 22.0 Å². The lowest BCUT2D eigenvalue weighted by Crippen LogP contribution is -2.25. The summed E-state index contributed by atoms with van der Waals surface area (Å²) in [4.78, 5) is 25.4. The lowest BCUT2D eigenvalue weighted by molar-refractivity contribution is -0.131. The first kappa shape index (κ1) is 12.4. The van der Waals surface area contributed by atoms with Gasteiger partial charge in [-0.2, -0.15) is 0 Å². The largest absolute Gasteiger partial charge is 0.478 e. The third-order valence-electron chi connectivity index (χ3n) is 3.18. The number of hydrogen-bond acceptors (Lipinski definition) is 2. The fraction of sp³-hybridized carbons (Fsp3) is 0.385. The van der Waals surface area contributed by atoms with E-state index in [2.05, 4.69) is 10.3 Å². The number of aromatic amines is 1. The zero-order chi connectivity index (χ0) is 13.0. The third kappa shape index (κ3) is 3.23. The second-order valence-corrected chi connectivity index (χ2v) is 4.49. The van der Waals surface area contributed by atoms with Gasteiger partial charge in [-0.15, -0.1) is 0 Å². The van der Waals surface area contributed by atoms with Crippen LogP contribution in [0.4, 0.5) is 5.82 Å². The zero-order valence-electron chi connectivity index (χ0n) is 9.98. The number of carboxylic acid groups (broad SMARTS) is 1. The van der Waals surface area contributed by atoms with E-state index >= 15 is 0 Å². The number of allylic oxidation sites excluding steroid dienone is 1. The van der Waals surface area contributed by atoms with E-state index in [-0.39, 0.29) is 11.8 Å². The summed E-state index contributed by atoms with van der Waals surface area (Å²) >= 11 is 0. The Bertz CT molecular complexity index is 453. The van der Waals surface area contributed by atoms with Gasteiger partial charge in [-0.1, -0.05) is 5.57 Å². The molecule has 1 fully saturated rings. The van der Waals surface area contributed by atoms with Crippen molar-refractivity contribution >= 4 is 17.7 Å². The predicted molar refractivity (Wildman–Crippen MR) is 67.1 cm³/mol. The van der Waals surface area contributed by atoms with Crippen LogP contribution >= 0.6 is 0 Å². The summed E-state index contributed by atoms with van der Waals surface area (Å²) in [5, 5.41) is 11.5. The summed E-state index contributed by atoms with van der Waals surface area (Å²) in [6.07, 6.45) is 5.82. The van der Waals surface area contributed by atoms with E-state index in [0.29, 0.717) is 31.5 Å². The maximum Gasteiger partial charge on any atom is 0.328 e. The molecule has 1 aliphatic carbocycles.